The summed E-state index contributed by atoms with van der Waals surface area (Å²) in [4.78, 5) is 56.4. The highest BCUT2D eigenvalue weighted by Crippen LogP contribution is 2.58. The lowest BCUT2D eigenvalue weighted by molar-refractivity contribution is -0.127. The molecule has 2 aliphatic heterocycles. The van der Waals surface area contributed by atoms with Gasteiger partial charge in [-0.3, -0.25) is 19.2 Å². The van der Waals surface area contributed by atoms with Crippen LogP contribution in [0.25, 0.3) is 0 Å². The van der Waals surface area contributed by atoms with E-state index in [1.54, 1.807) is 72.8 Å². The van der Waals surface area contributed by atoms with Crippen LogP contribution in [-0.2, 0) is 14.3 Å². The number of anilines is 1. The van der Waals surface area contributed by atoms with Gasteiger partial charge in [0.25, 0.3) is 0 Å². The van der Waals surface area contributed by atoms with Crippen molar-refractivity contribution in [2.45, 2.75) is 11.7 Å². The molecule has 1 spiro atoms. The number of halogens is 1. The number of fused-ring (bicyclic) bond motifs is 3. The Morgan fingerprint density at radius 3 is 2.06 bits per heavy atom. The van der Waals surface area contributed by atoms with Crippen LogP contribution in [0.1, 0.15) is 32.4 Å². The smallest absolute Gasteiger partial charge is 0.241 e. The van der Waals surface area contributed by atoms with E-state index in [0.717, 1.165) is 9.37 Å². The normalized spacial score (nSPS) is 24.3. The van der Waals surface area contributed by atoms with E-state index in [2.05, 4.69) is 15.9 Å². The van der Waals surface area contributed by atoms with Crippen LogP contribution < -0.4 is 9.64 Å². The van der Waals surface area contributed by atoms with Crippen LogP contribution >= 0.6 is 15.9 Å². The number of ether oxygens (including phenoxy) is 2. The summed E-state index contributed by atoms with van der Waals surface area (Å²) in [6.07, 6.45) is -0.966. The zero-order valence-corrected chi connectivity index (χ0v) is 20.0. The molecular formula is C27H18BrNO6. The molecular weight excluding hydrogens is 514 g/mol. The number of para-hydroxylation sites is 2. The summed E-state index contributed by atoms with van der Waals surface area (Å²) in [6, 6.07) is 20.2. The number of ketones is 2. The first kappa shape index (κ1) is 21.9. The largest absolute Gasteiger partial charge is 0.495 e. The van der Waals surface area contributed by atoms with Gasteiger partial charge in [0.05, 0.1) is 30.7 Å². The number of amides is 2. The predicted octanol–water partition coefficient (Wildman–Crippen LogP) is 4.15. The molecule has 2 heterocycles. The van der Waals surface area contributed by atoms with Gasteiger partial charge in [0.15, 0.2) is 0 Å². The Hall–Kier alpha value is -3.62. The maximum atomic E-state index is 14.0. The van der Waals surface area contributed by atoms with E-state index in [0.29, 0.717) is 11.3 Å². The molecule has 2 amide bonds. The van der Waals surface area contributed by atoms with E-state index in [9.17, 15) is 19.2 Å². The second-order valence-electron chi connectivity index (χ2n) is 8.72. The Labute approximate surface area is 208 Å². The van der Waals surface area contributed by atoms with Crippen LogP contribution in [0.5, 0.6) is 5.75 Å². The number of hydrogen-bond acceptors (Lipinski definition) is 6. The molecule has 0 bridgehead atoms. The molecule has 3 aromatic rings. The maximum absolute atomic E-state index is 14.0. The lowest BCUT2D eigenvalue weighted by Gasteiger charge is -2.27. The summed E-state index contributed by atoms with van der Waals surface area (Å²) in [6.45, 7) is 0. The van der Waals surface area contributed by atoms with Crippen LogP contribution in [0.15, 0.2) is 77.3 Å². The molecule has 3 aliphatic rings. The fourth-order valence-corrected chi connectivity index (χ4v) is 5.79. The quantitative estimate of drug-likeness (QED) is 0.372. The number of carbonyl (C=O) groups is 4. The van der Waals surface area contributed by atoms with Crippen molar-refractivity contribution in [1.82, 2.24) is 0 Å². The van der Waals surface area contributed by atoms with Gasteiger partial charge in [-0.15, -0.1) is 0 Å². The fourth-order valence-electron chi connectivity index (χ4n) is 5.52. The zero-order chi connectivity index (χ0) is 24.5. The number of hydrogen-bond donors (Lipinski definition) is 0. The summed E-state index contributed by atoms with van der Waals surface area (Å²) >= 11 is 3.39. The van der Waals surface area contributed by atoms with Gasteiger partial charge in [0, 0.05) is 15.6 Å². The molecule has 3 aromatic carbocycles. The summed E-state index contributed by atoms with van der Waals surface area (Å²) in [5.74, 6) is -4.40. The standard InChI is InChI=1S/C27H18BrNO6/c1-34-19-9-5-4-8-18(19)29-25(32)20-21(26(29)33)27(35-22(20)14-10-12-15(28)13-11-14)23(30)16-6-2-3-7-17(16)24(27)31/h2-13,20-22H,1H3/t20-,21+,22-/m0/s1. The first-order chi connectivity index (χ1) is 16.9. The second kappa shape index (κ2) is 7.69. The molecule has 8 heteroatoms. The van der Waals surface area contributed by atoms with Gasteiger partial charge in [-0.05, 0) is 29.8 Å². The minimum Gasteiger partial charge on any atom is -0.495 e. The second-order valence-corrected chi connectivity index (χ2v) is 9.63. The Morgan fingerprint density at radius 2 is 1.43 bits per heavy atom. The third kappa shape index (κ3) is 2.81. The van der Waals surface area contributed by atoms with Crippen LogP contribution in [0.2, 0.25) is 0 Å². The summed E-state index contributed by atoms with van der Waals surface area (Å²) < 4.78 is 12.5. The Kier molecular flexibility index (Phi) is 4.81. The molecule has 3 atom stereocenters. The van der Waals surface area contributed by atoms with Crippen molar-refractivity contribution in [3.63, 3.8) is 0 Å². The van der Waals surface area contributed by atoms with E-state index < -0.39 is 46.9 Å². The Bertz CT molecular complexity index is 1400. The van der Waals surface area contributed by atoms with Crippen LogP contribution in [-0.4, -0.2) is 36.1 Å². The molecule has 2 saturated heterocycles. The van der Waals surface area contributed by atoms with Gasteiger partial charge in [-0.2, -0.15) is 0 Å². The zero-order valence-electron chi connectivity index (χ0n) is 18.4. The number of nitrogens with zero attached hydrogens (tertiary/aromatic N) is 1. The van der Waals surface area contributed by atoms with Crippen molar-refractivity contribution < 1.29 is 28.7 Å². The van der Waals surface area contributed by atoms with Crippen molar-refractivity contribution in [2.24, 2.45) is 11.8 Å². The fraction of sp³-hybridized carbons (Fsp3) is 0.185. The number of rotatable bonds is 3. The number of imide groups is 1. The van der Waals surface area contributed by atoms with E-state index in [4.69, 9.17) is 9.47 Å². The molecule has 0 saturated carbocycles. The number of benzene rings is 3. The number of methoxy groups -OCH3 is 1. The monoisotopic (exact) mass is 531 g/mol. The van der Waals surface area contributed by atoms with E-state index >= 15 is 0 Å². The van der Waals surface area contributed by atoms with Crippen molar-refractivity contribution in [3.05, 3.63) is 94.0 Å². The lowest BCUT2D eigenvalue weighted by atomic mass is 9.77. The van der Waals surface area contributed by atoms with Gasteiger partial charge in [0.2, 0.25) is 29.0 Å². The van der Waals surface area contributed by atoms with Crippen molar-refractivity contribution in [1.29, 1.82) is 0 Å². The molecule has 1 aliphatic carbocycles. The Balaban J connectivity index is 1.55. The molecule has 2 fully saturated rings. The third-order valence-corrected chi connectivity index (χ3v) is 7.57. The molecule has 35 heavy (non-hydrogen) atoms. The SMILES string of the molecule is COc1ccccc1N1C(=O)[C@@H]2[C@H](c3ccc(Br)cc3)OC3(C(=O)c4ccccc4C3=O)[C@H]2C1=O. The predicted molar refractivity (Wildman–Crippen MR) is 128 cm³/mol. The summed E-state index contributed by atoms with van der Waals surface area (Å²) in [7, 11) is 1.45. The van der Waals surface area contributed by atoms with Gasteiger partial charge in [-0.25, -0.2) is 4.90 Å². The van der Waals surface area contributed by atoms with E-state index in [1.807, 2.05) is 0 Å². The highest BCUT2D eigenvalue weighted by molar-refractivity contribution is 9.10. The molecule has 0 N–H and O–H groups in total. The first-order valence-electron chi connectivity index (χ1n) is 11.0. The molecule has 174 valence electrons. The van der Waals surface area contributed by atoms with Crippen LogP contribution in [0.4, 0.5) is 5.69 Å². The molecule has 6 rings (SSSR count). The number of Topliss-reactive ketones (excluding diaryl/α,β-unsaturated/α-hetero) is 2. The van der Waals surface area contributed by atoms with Gasteiger partial charge >= 0.3 is 0 Å². The molecule has 0 radical (unpaired) electrons. The minimum absolute atomic E-state index is 0.198. The van der Waals surface area contributed by atoms with E-state index in [-0.39, 0.29) is 16.8 Å². The maximum Gasteiger partial charge on any atom is 0.241 e. The van der Waals surface area contributed by atoms with Gasteiger partial charge < -0.3 is 9.47 Å². The van der Waals surface area contributed by atoms with Crippen molar-refractivity contribution in [2.75, 3.05) is 12.0 Å². The van der Waals surface area contributed by atoms with Gasteiger partial charge in [0.1, 0.15) is 5.75 Å². The average Bonchev–Trinajstić information content (AvgIpc) is 3.44. The highest BCUT2D eigenvalue weighted by atomic mass is 79.9. The van der Waals surface area contributed by atoms with Crippen molar-refractivity contribution >= 4 is 45.0 Å². The lowest BCUT2D eigenvalue weighted by Crippen LogP contribution is -2.51. The number of carbonyl (C=O) groups excluding carboxylic acids is 4. The third-order valence-electron chi connectivity index (χ3n) is 7.04. The Morgan fingerprint density at radius 1 is 0.829 bits per heavy atom. The summed E-state index contributed by atoms with van der Waals surface area (Å²) in [5, 5.41) is 0. The first-order valence-corrected chi connectivity index (χ1v) is 11.8. The molecule has 7 nitrogen and oxygen atoms in total. The topological polar surface area (TPSA) is 90.0 Å². The summed E-state index contributed by atoms with van der Waals surface area (Å²) in [5.41, 5.74) is -0.846. The van der Waals surface area contributed by atoms with Crippen LogP contribution in [0, 0.1) is 11.8 Å². The highest BCUT2D eigenvalue weighted by Gasteiger charge is 2.74. The molecule has 0 aromatic heterocycles. The molecule has 0 unspecified atom stereocenters. The average molecular weight is 532 g/mol. The van der Waals surface area contributed by atoms with Gasteiger partial charge in [-0.1, -0.05) is 64.5 Å². The van der Waals surface area contributed by atoms with Crippen LogP contribution in [0.3, 0.4) is 0 Å². The minimum atomic E-state index is -2.10. The van der Waals surface area contributed by atoms with Crippen molar-refractivity contribution in [3.8, 4) is 5.75 Å². The van der Waals surface area contributed by atoms with E-state index in [1.165, 1.54) is 7.11 Å².